The number of nitrogens with one attached hydrogen (secondary N) is 3. The van der Waals surface area contributed by atoms with Crippen LogP contribution in [-0.2, 0) is 16.0 Å². The number of aliphatic imine (C=N–C) groups is 1. The third kappa shape index (κ3) is 18.9. The first kappa shape index (κ1) is 36.7. The van der Waals surface area contributed by atoms with Crippen LogP contribution in [0.2, 0.25) is 0 Å². The Labute approximate surface area is 240 Å². The second-order valence-electron chi connectivity index (χ2n) is 11.4. The normalized spacial score (nSPS) is 17.8. The number of guanidine groups is 1. The van der Waals surface area contributed by atoms with Gasteiger partial charge in [0.15, 0.2) is 5.78 Å². The number of carbonyl (C=O) groups excluding carboxylic acids is 2. The molecule has 42 heavy (non-hydrogen) atoms. The molecule has 0 aliphatic heterocycles. The van der Waals surface area contributed by atoms with E-state index in [1.807, 2.05) is 44.2 Å². The minimum atomic E-state index is -10.7. The molecule has 0 aromatic heterocycles. The van der Waals surface area contributed by atoms with Crippen LogP contribution in [-0.4, -0.2) is 60.4 Å². The van der Waals surface area contributed by atoms with Gasteiger partial charge in [0.1, 0.15) is 11.4 Å². The first-order valence-electron chi connectivity index (χ1n) is 13.0. The van der Waals surface area contributed by atoms with Gasteiger partial charge in [-0.15, -0.1) is 0 Å². The third-order valence-corrected chi connectivity index (χ3v) is 5.19. The van der Waals surface area contributed by atoms with Crippen molar-refractivity contribution in [1.29, 1.82) is 0 Å². The van der Waals surface area contributed by atoms with Crippen molar-refractivity contribution in [3.05, 3.63) is 47.2 Å². The summed E-state index contributed by atoms with van der Waals surface area (Å²) in [5, 5.41) is 16.3. The van der Waals surface area contributed by atoms with Gasteiger partial charge in [-0.2, -0.15) is 0 Å². The summed E-state index contributed by atoms with van der Waals surface area (Å²) in [5.41, 5.74) is 7.08. The number of aliphatic hydroxyl groups is 1. The number of aliphatic hydroxyl groups excluding tert-OH is 1. The van der Waals surface area contributed by atoms with Crippen molar-refractivity contribution >= 4 is 31.4 Å². The van der Waals surface area contributed by atoms with Crippen LogP contribution in [0.3, 0.4) is 0 Å². The molecule has 1 aliphatic carbocycles. The molecule has 1 aromatic rings. The van der Waals surface area contributed by atoms with E-state index in [9.17, 15) is 39.9 Å². The summed E-state index contributed by atoms with van der Waals surface area (Å²) >= 11 is 0. The van der Waals surface area contributed by atoms with Crippen molar-refractivity contribution in [2.45, 2.75) is 59.5 Å². The van der Waals surface area contributed by atoms with Crippen LogP contribution < -0.4 is 21.4 Å². The molecule has 0 unspecified atom stereocenters. The number of ether oxygens (including phenoxy) is 1. The molecule has 1 aromatic carbocycles. The van der Waals surface area contributed by atoms with Crippen LogP contribution in [0, 0.1) is 5.41 Å². The number of amides is 1. The van der Waals surface area contributed by atoms with Crippen LogP contribution in [0.5, 0.6) is 0 Å². The summed E-state index contributed by atoms with van der Waals surface area (Å²) in [6, 6.07) is 9.76. The van der Waals surface area contributed by atoms with Crippen molar-refractivity contribution in [3.63, 3.8) is 0 Å². The standard InChI is InChI=1S/C26H39N5O4.F6P/c1-25(2,3)35-24(34)31-14-13-30-23(27)29-12-11-28-19(15-18-9-7-6-8-10-18)22-20(32)16-26(4,5)17-21(22)33;1-7(2,3,4,5)6/h6-10,32H,11-17H2,1-5H3,(H,31,34)(H3,27,29,30);/q;-1/p+1. The van der Waals surface area contributed by atoms with Crippen molar-refractivity contribution in [1.82, 2.24) is 10.6 Å². The molecule has 1 aliphatic rings. The fourth-order valence-corrected chi connectivity index (χ4v) is 3.75. The van der Waals surface area contributed by atoms with E-state index in [1.165, 1.54) is 0 Å². The predicted octanol–water partition coefficient (Wildman–Crippen LogP) is 4.76. The van der Waals surface area contributed by atoms with Crippen LogP contribution in [0.25, 0.3) is 0 Å². The zero-order chi connectivity index (χ0) is 32.5. The van der Waals surface area contributed by atoms with Gasteiger partial charge in [-0.3, -0.25) is 25.8 Å². The summed E-state index contributed by atoms with van der Waals surface area (Å²) in [4.78, 5) is 32.2. The number of alkyl carbamates (subject to hydrolysis) is 1. The van der Waals surface area contributed by atoms with Gasteiger partial charge in [0.05, 0.1) is 37.5 Å². The zero-order valence-corrected chi connectivity index (χ0v) is 25.1. The van der Waals surface area contributed by atoms with Crippen molar-refractivity contribution < 1.29 is 49.6 Å². The van der Waals surface area contributed by atoms with Crippen molar-refractivity contribution in [2.24, 2.45) is 16.1 Å². The Morgan fingerprint density at radius 1 is 1.07 bits per heavy atom. The number of hydrogen-bond acceptors (Lipinski definition) is 5. The summed E-state index contributed by atoms with van der Waals surface area (Å²) in [5.74, 6) is 0.388. The van der Waals surface area contributed by atoms with E-state index in [2.05, 4.69) is 20.6 Å². The number of nitrogens with two attached hydrogens (primary N) is 1. The molecule has 0 atom stereocenters. The first-order valence-corrected chi connectivity index (χ1v) is 15.0. The number of nitrogens with zero attached hydrogens (tertiary/aromatic N) is 1. The molecule has 0 saturated heterocycles. The van der Waals surface area contributed by atoms with E-state index >= 15 is 0 Å². The van der Waals surface area contributed by atoms with Gasteiger partial charge in [0, 0.05) is 19.3 Å². The number of Topliss-reactive ketones (excluding diaryl/α,β-unsaturated/α-hetero) is 1. The average Bonchev–Trinajstić information content (AvgIpc) is 2.75. The number of allylic oxidation sites excluding steroid dienone is 2. The Morgan fingerprint density at radius 3 is 2.14 bits per heavy atom. The molecule has 0 spiro atoms. The fourth-order valence-electron chi connectivity index (χ4n) is 3.75. The summed E-state index contributed by atoms with van der Waals surface area (Å²) < 4.78 is 64.4. The molecular formula is C26H40F6N5O4P. The predicted molar refractivity (Wildman–Crippen MR) is 151 cm³/mol. The Morgan fingerprint density at radius 2 is 1.62 bits per heavy atom. The quantitative estimate of drug-likeness (QED) is 0.0876. The molecule has 0 radical (unpaired) electrons. The second-order valence-corrected chi connectivity index (χ2v) is 13.3. The molecule has 240 valence electrons. The molecule has 2 rings (SSSR count). The number of rotatable bonds is 9. The molecule has 0 saturated carbocycles. The summed E-state index contributed by atoms with van der Waals surface area (Å²) in [6.45, 7) is 10.9. The number of carbonyl (C=O) groups is 2. The Bertz CT molecular complexity index is 1180. The number of hydrogen-bond donors (Lipinski definition) is 5. The van der Waals surface area contributed by atoms with Gasteiger partial charge in [-0.25, -0.2) is 4.79 Å². The van der Waals surface area contributed by atoms with E-state index in [1.54, 1.807) is 20.8 Å². The monoisotopic (exact) mass is 631 g/mol. The molecule has 0 fully saturated rings. The first-order chi connectivity index (χ1) is 18.8. The molecular weight excluding hydrogens is 591 g/mol. The van der Waals surface area contributed by atoms with Crippen molar-refractivity contribution in [2.75, 3.05) is 26.2 Å². The van der Waals surface area contributed by atoms with E-state index < -0.39 is 19.5 Å². The third-order valence-electron chi connectivity index (χ3n) is 5.19. The van der Waals surface area contributed by atoms with Gasteiger partial charge in [-0.1, -0.05) is 44.2 Å². The van der Waals surface area contributed by atoms with Crippen LogP contribution >= 0.6 is 7.81 Å². The van der Waals surface area contributed by atoms with E-state index in [0.717, 1.165) is 5.56 Å². The van der Waals surface area contributed by atoms with Gasteiger partial charge in [0.25, 0.3) is 0 Å². The molecule has 0 bridgehead atoms. The van der Waals surface area contributed by atoms with Gasteiger partial charge in [-0.05, 0) is 31.7 Å². The second kappa shape index (κ2) is 13.3. The summed E-state index contributed by atoms with van der Waals surface area (Å²) in [7, 11) is -10.7. The Balaban J connectivity index is 0.00000112. The summed E-state index contributed by atoms with van der Waals surface area (Å²) in [6.07, 6.45) is 0.798. The van der Waals surface area contributed by atoms with E-state index in [4.69, 9.17) is 10.5 Å². The van der Waals surface area contributed by atoms with E-state index in [0.29, 0.717) is 62.7 Å². The SMILES string of the molecule is CC1(C)CC(=O)C(C(Cc2ccccc2)=NCC[NH+]=C(N)NCCNC(=O)OC(C)(C)C)=C(O)C1.F[P-](F)(F)(F)(F)F. The maximum absolute atomic E-state index is 12.9. The molecule has 9 nitrogen and oxygen atoms in total. The van der Waals surface area contributed by atoms with Gasteiger partial charge in [0.2, 0.25) is 0 Å². The number of ketones is 1. The van der Waals surface area contributed by atoms with E-state index in [-0.39, 0.29) is 17.0 Å². The fraction of sp³-hybridized carbons (Fsp3) is 0.538. The van der Waals surface area contributed by atoms with Gasteiger partial charge >= 0.3 is 45.0 Å². The Kier molecular flexibility index (Phi) is 11.6. The number of halogens is 6. The Hall–Kier alpha value is -3.35. The average molecular weight is 632 g/mol. The topological polar surface area (TPSA) is 140 Å². The van der Waals surface area contributed by atoms with Crippen LogP contribution in [0.4, 0.5) is 30.0 Å². The molecule has 6 N–H and O–H groups in total. The molecule has 0 heterocycles. The van der Waals surface area contributed by atoms with Crippen LogP contribution in [0.15, 0.2) is 46.7 Å². The maximum atomic E-state index is 12.9. The minimum absolute atomic E-state index is 0.0772. The zero-order valence-electron chi connectivity index (χ0n) is 24.2. The van der Waals surface area contributed by atoms with Crippen LogP contribution in [0.1, 0.15) is 53.0 Å². The van der Waals surface area contributed by atoms with Crippen molar-refractivity contribution in [3.8, 4) is 0 Å². The molecule has 1 amide bonds. The van der Waals surface area contributed by atoms with Gasteiger partial charge < -0.3 is 15.2 Å². The molecule has 16 heteroatoms. The number of benzene rings is 1.